The van der Waals surface area contributed by atoms with Crippen molar-refractivity contribution < 1.29 is 14.5 Å². The molecule has 7 heteroatoms. The molecule has 0 aliphatic heterocycles. The molecule has 0 unspecified atom stereocenters. The number of nitro groups is 1. The maximum Gasteiger partial charge on any atom is 0.270 e. The van der Waals surface area contributed by atoms with Gasteiger partial charge in [0, 0.05) is 29.1 Å². The Kier molecular flexibility index (Phi) is 4.07. The van der Waals surface area contributed by atoms with Gasteiger partial charge in [0.15, 0.2) is 6.61 Å². The number of aromatic nitrogens is 1. The highest BCUT2D eigenvalue weighted by atomic mass is 16.6. The number of ether oxygens (including phenoxy) is 1. The maximum atomic E-state index is 11.0. The number of hydrogen-bond acceptors (Lipinski definition) is 5. The summed E-state index contributed by atoms with van der Waals surface area (Å²) in [5.41, 5.74) is 7.07. The van der Waals surface area contributed by atoms with E-state index in [1.807, 2.05) is 30.3 Å². The van der Waals surface area contributed by atoms with E-state index in [2.05, 4.69) is 4.98 Å². The van der Waals surface area contributed by atoms with Gasteiger partial charge in [-0.1, -0.05) is 30.3 Å². The van der Waals surface area contributed by atoms with Crippen molar-refractivity contribution in [3.8, 4) is 17.0 Å². The lowest BCUT2D eigenvalue weighted by atomic mass is 10.1. The SMILES string of the molecule is NC(=O)COc1cc(-c2ccccc2)nc2ccc([N+](=O)[O-])cc12. The number of rotatable bonds is 5. The van der Waals surface area contributed by atoms with Gasteiger partial charge in [0.2, 0.25) is 0 Å². The van der Waals surface area contributed by atoms with Gasteiger partial charge in [-0.05, 0) is 6.07 Å². The average Bonchev–Trinajstić information content (AvgIpc) is 2.59. The number of fused-ring (bicyclic) bond motifs is 1. The van der Waals surface area contributed by atoms with Crippen LogP contribution in [0.3, 0.4) is 0 Å². The number of carbonyl (C=O) groups is 1. The van der Waals surface area contributed by atoms with Crippen LogP contribution in [0.15, 0.2) is 54.6 Å². The Balaban J connectivity index is 2.18. The Morgan fingerprint density at radius 2 is 1.92 bits per heavy atom. The topological polar surface area (TPSA) is 108 Å². The summed E-state index contributed by atoms with van der Waals surface area (Å²) in [6.07, 6.45) is 0. The molecule has 0 aliphatic rings. The van der Waals surface area contributed by atoms with E-state index < -0.39 is 10.8 Å². The van der Waals surface area contributed by atoms with Gasteiger partial charge >= 0.3 is 0 Å². The lowest BCUT2D eigenvalue weighted by Gasteiger charge is -2.10. The molecule has 0 bridgehead atoms. The molecule has 0 spiro atoms. The van der Waals surface area contributed by atoms with Gasteiger partial charge in [-0.25, -0.2) is 4.98 Å². The second kappa shape index (κ2) is 6.33. The first kappa shape index (κ1) is 15.4. The second-order valence-corrected chi connectivity index (χ2v) is 5.09. The molecule has 1 aromatic heterocycles. The molecule has 0 atom stereocenters. The maximum absolute atomic E-state index is 11.0. The van der Waals surface area contributed by atoms with E-state index in [4.69, 9.17) is 10.5 Å². The van der Waals surface area contributed by atoms with Crippen LogP contribution in [0.2, 0.25) is 0 Å². The summed E-state index contributed by atoms with van der Waals surface area (Å²) < 4.78 is 5.44. The Bertz CT molecular complexity index is 926. The Hall–Kier alpha value is -3.48. The number of benzene rings is 2. The van der Waals surface area contributed by atoms with Crippen molar-refractivity contribution in [1.29, 1.82) is 0 Å². The van der Waals surface area contributed by atoms with Crippen molar-refractivity contribution in [1.82, 2.24) is 4.98 Å². The number of pyridine rings is 1. The molecule has 7 nitrogen and oxygen atoms in total. The minimum absolute atomic E-state index is 0.0827. The van der Waals surface area contributed by atoms with Crippen LogP contribution in [0.25, 0.3) is 22.2 Å². The summed E-state index contributed by atoms with van der Waals surface area (Å²) in [5.74, 6) is -0.312. The van der Waals surface area contributed by atoms with Crippen molar-refractivity contribution in [3.63, 3.8) is 0 Å². The van der Waals surface area contributed by atoms with Crippen molar-refractivity contribution in [2.75, 3.05) is 6.61 Å². The van der Waals surface area contributed by atoms with E-state index in [1.54, 1.807) is 12.1 Å². The fourth-order valence-electron chi connectivity index (χ4n) is 2.32. The molecule has 2 N–H and O–H groups in total. The van der Waals surface area contributed by atoms with Gasteiger partial charge in [-0.3, -0.25) is 14.9 Å². The molecular formula is C17H13N3O4. The minimum atomic E-state index is -0.633. The second-order valence-electron chi connectivity index (χ2n) is 5.09. The Labute approximate surface area is 136 Å². The molecule has 3 aromatic rings. The van der Waals surface area contributed by atoms with Crippen LogP contribution in [0.4, 0.5) is 5.69 Å². The highest BCUT2D eigenvalue weighted by Crippen LogP contribution is 2.32. The molecule has 0 fully saturated rings. The molecule has 2 aromatic carbocycles. The minimum Gasteiger partial charge on any atom is -0.483 e. The fraction of sp³-hybridized carbons (Fsp3) is 0.0588. The third kappa shape index (κ3) is 3.14. The summed E-state index contributed by atoms with van der Waals surface area (Å²) in [5, 5.41) is 11.4. The molecule has 1 heterocycles. The van der Waals surface area contributed by atoms with Gasteiger partial charge in [-0.2, -0.15) is 0 Å². The van der Waals surface area contributed by atoms with E-state index in [0.29, 0.717) is 22.3 Å². The van der Waals surface area contributed by atoms with Crippen LogP contribution in [0, 0.1) is 10.1 Å². The standard InChI is InChI=1S/C17H13N3O4/c18-17(21)10-24-16-9-15(11-4-2-1-3-5-11)19-14-7-6-12(20(22)23)8-13(14)16/h1-9H,10H2,(H2,18,21). The monoisotopic (exact) mass is 323 g/mol. The zero-order valence-corrected chi connectivity index (χ0v) is 12.5. The van der Waals surface area contributed by atoms with E-state index in [9.17, 15) is 14.9 Å². The quantitative estimate of drug-likeness (QED) is 0.573. The third-order valence-corrected chi connectivity index (χ3v) is 3.40. The molecule has 0 saturated carbocycles. The summed E-state index contributed by atoms with van der Waals surface area (Å²) in [6.45, 7) is -0.323. The van der Waals surface area contributed by atoms with Gasteiger partial charge in [-0.15, -0.1) is 0 Å². The number of nitrogens with zero attached hydrogens (tertiary/aromatic N) is 2. The predicted octanol–water partition coefficient (Wildman–Crippen LogP) is 2.67. The molecule has 0 radical (unpaired) electrons. The third-order valence-electron chi connectivity index (χ3n) is 3.40. The summed E-state index contributed by atoms with van der Waals surface area (Å²) >= 11 is 0. The van der Waals surface area contributed by atoms with Gasteiger partial charge in [0.05, 0.1) is 16.1 Å². The molecule has 0 saturated heterocycles. The number of nitro benzene ring substituents is 1. The lowest BCUT2D eigenvalue weighted by Crippen LogP contribution is -2.20. The van der Waals surface area contributed by atoms with Crippen LogP contribution in [0.5, 0.6) is 5.75 Å². The number of carbonyl (C=O) groups excluding carboxylic acids is 1. The lowest BCUT2D eigenvalue weighted by molar-refractivity contribution is -0.384. The van der Waals surface area contributed by atoms with Gasteiger partial charge < -0.3 is 10.5 Å². The van der Waals surface area contributed by atoms with E-state index in [-0.39, 0.29) is 12.3 Å². The van der Waals surface area contributed by atoms with Crippen LogP contribution >= 0.6 is 0 Å². The molecular weight excluding hydrogens is 310 g/mol. The normalized spacial score (nSPS) is 10.5. The Morgan fingerprint density at radius 3 is 2.58 bits per heavy atom. The molecule has 24 heavy (non-hydrogen) atoms. The summed E-state index contributed by atoms with van der Waals surface area (Å²) in [4.78, 5) is 26.0. The molecule has 1 amide bonds. The highest BCUT2D eigenvalue weighted by Gasteiger charge is 2.14. The Morgan fingerprint density at radius 1 is 1.17 bits per heavy atom. The zero-order valence-electron chi connectivity index (χ0n) is 12.5. The predicted molar refractivity (Wildman–Crippen MR) is 88.5 cm³/mol. The number of nitrogens with two attached hydrogens (primary N) is 1. The number of non-ortho nitro benzene ring substituents is 1. The molecule has 120 valence electrons. The van der Waals surface area contributed by atoms with Crippen LogP contribution < -0.4 is 10.5 Å². The smallest absolute Gasteiger partial charge is 0.270 e. The first-order chi connectivity index (χ1) is 11.5. The van der Waals surface area contributed by atoms with Gasteiger partial charge in [0.25, 0.3) is 11.6 Å². The first-order valence-electron chi connectivity index (χ1n) is 7.10. The van der Waals surface area contributed by atoms with Crippen molar-refractivity contribution in [3.05, 3.63) is 64.7 Å². The molecule has 0 aliphatic carbocycles. The summed E-state index contributed by atoms with van der Waals surface area (Å²) in [6, 6.07) is 15.4. The van der Waals surface area contributed by atoms with Crippen molar-refractivity contribution >= 4 is 22.5 Å². The first-order valence-corrected chi connectivity index (χ1v) is 7.10. The van der Waals surface area contributed by atoms with Crippen LogP contribution in [-0.2, 0) is 4.79 Å². The number of hydrogen-bond donors (Lipinski definition) is 1. The number of amides is 1. The zero-order chi connectivity index (χ0) is 17.1. The fourth-order valence-corrected chi connectivity index (χ4v) is 2.32. The van der Waals surface area contributed by atoms with Gasteiger partial charge in [0.1, 0.15) is 5.75 Å². The van der Waals surface area contributed by atoms with E-state index >= 15 is 0 Å². The highest BCUT2D eigenvalue weighted by molar-refractivity contribution is 5.90. The van der Waals surface area contributed by atoms with E-state index in [0.717, 1.165) is 5.56 Å². The van der Waals surface area contributed by atoms with Crippen LogP contribution in [-0.4, -0.2) is 22.4 Å². The summed E-state index contributed by atoms with van der Waals surface area (Å²) in [7, 11) is 0. The van der Waals surface area contributed by atoms with Crippen molar-refractivity contribution in [2.24, 2.45) is 5.73 Å². The average molecular weight is 323 g/mol. The van der Waals surface area contributed by atoms with E-state index in [1.165, 1.54) is 12.1 Å². The number of primary amides is 1. The largest absolute Gasteiger partial charge is 0.483 e. The van der Waals surface area contributed by atoms with Crippen LogP contribution in [0.1, 0.15) is 0 Å². The molecule has 3 rings (SSSR count). The van der Waals surface area contributed by atoms with Crippen molar-refractivity contribution in [2.45, 2.75) is 0 Å².